The Kier molecular flexibility index (Phi) is 5.52. The normalized spacial score (nSPS) is 20.7. The number of thiocarbonyl (C=S) groups is 1. The van der Waals surface area contributed by atoms with E-state index in [4.69, 9.17) is 26.4 Å². The summed E-state index contributed by atoms with van der Waals surface area (Å²) in [6.07, 6.45) is 7.01. The highest BCUT2D eigenvalue weighted by Crippen LogP contribution is 2.35. The van der Waals surface area contributed by atoms with Crippen LogP contribution >= 0.6 is 12.2 Å². The Bertz CT molecular complexity index is 996. The summed E-state index contributed by atoms with van der Waals surface area (Å²) in [6.45, 7) is 2.25. The number of rotatable bonds is 5. The number of hydrogen-bond acceptors (Lipinski definition) is 5. The summed E-state index contributed by atoms with van der Waals surface area (Å²) in [7, 11) is 0. The van der Waals surface area contributed by atoms with Gasteiger partial charge >= 0.3 is 0 Å². The molecule has 0 bridgehead atoms. The topological polar surface area (TPSA) is 75.8 Å². The molecule has 8 heteroatoms. The van der Waals surface area contributed by atoms with Crippen molar-refractivity contribution in [2.75, 3.05) is 19.9 Å². The molecule has 1 saturated carbocycles. The maximum atomic E-state index is 12.8. The zero-order valence-electron chi connectivity index (χ0n) is 16.9. The molecule has 1 saturated heterocycles. The van der Waals surface area contributed by atoms with Gasteiger partial charge in [0, 0.05) is 36.2 Å². The lowest BCUT2D eigenvalue weighted by Crippen LogP contribution is -2.47. The number of nitrogens with zero attached hydrogens (tertiary/aromatic N) is 1. The first kappa shape index (κ1) is 19.6. The van der Waals surface area contributed by atoms with Crippen LogP contribution in [-0.2, 0) is 11.3 Å². The van der Waals surface area contributed by atoms with E-state index in [0.717, 1.165) is 49.7 Å². The highest BCUT2D eigenvalue weighted by Gasteiger charge is 2.27. The van der Waals surface area contributed by atoms with Gasteiger partial charge < -0.3 is 29.4 Å². The number of hydrogen-bond donors (Lipinski definition) is 2. The molecule has 0 unspecified atom stereocenters. The molecule has 0 amide bonds. The minimum atomic E-state index is -0.0914. The van der Waals surface area contributed by atoms with Gasteiger partial charge in [0.2, 0.25) is 6.79 Å². The highest BCUT2D eigenvalue weighted by molar-refractivity contribution is 7.80. The smallest absolute Gasteiger partial charge is 0.253 e. The largest absolute Gasteiger partial charge is 0.454 e. The van der Waals surface area contributed by atoms with Gasteiger partial charge in [0.25, 0.3) is 5.56 Å². The molecular formula is C22H27N3O4S. The number of benzene rings is 1. The van der Waals surface area contributed by atoms with Crippen molar-refractivity contribution >= 4 is 28.2 Å². The standard InChI is InChI=1S/C22H27N3O4S/c26-21-15(8-14-9-19-20(29-13-28-19)10-18(14)24-21)12-25(16-4-1-2-5-16)22(30)23-11-17-6-3-7-27-17/h8-10,16-17H,1-7,11-13H2,(H,23,30)(H,24,26)/t17-/m1/s1. The molecule has 2 fully saturated rings. The van der Waals surface area contributed by atoms with Gasteiger partial charge in [-0.1, -0.05) is 12.8 Å². The molecule has 160 valence electrons. The van der Waals surface area contributed by atoms with E-state index in [-0.39, 0.29) is 18.5 Å². The summed E-state index contributed by atoms with van der Waals surface area (Å²) in [5.41, 5.74) is 1.36. The first-order chi connectivity index (χ1) is 14.7. The molecule has 2 N–H and O–H groups in total. The van der Waals surface area contributed by atoms with Crippen molar-refractivity contribution in [1.29, 1.82) is 0 Å². The lowest BCUT2D eigenvalue weighted by molar-refractivity contribution is 0.113. The molecular weight excluding hydrogens is 402 g/mol. The van der Waals surface area contributed by atoms with Crippen molar-refractivity contribution in [3.05, 3.63) is 34.1 Å². The van der Waals surface area contributed by atoms with E-state index in [2.05, 4.69) is 15.2 Å². The molecule has 1 aromatic carbocycles. The fraction of sp³-hybridized carbons (Fsp3) is 0.545. The predicted octanol–water partition coefficient (Wildman–Crippen LogP) is 3.05. The van der Waals surface area contributed by atoms with Crippen LogP contribution in [0.1, 0.15) is 44.1 Å². The minimum Gasteiger partial charge on any atom is -0.454 e. The zero-order chi connectivity index (χ0) is 20.5. The zero-order valence-corrected chi connectivity index (χ0v) is 17.8. The highest BCUT2D eigenvalue weighted by atomic mass is 32.1. The van der Waals surface area contributed by atoms with Crippen LogP contribution in [0.3, 0.4) is 0 Å². The van der Waals surface area contributed by atoms with Crippen LogP contribution in [0.2, 0.25) is 0 Å². The van der Waals surface area contributed by atoms with Gasteiger partial charge in [0.1, 0.15) is 0 Å². The van der Waals surface area contributed by atoms with Crippen molar-refractivity contribution in [3.8, 4) is 11.5 Å². The minimum absolute atomic E-state index is 0.0914. The lowest BCUT2D eigenvalue weighted by atomic mass is 10.1. The van der Waals surface area contributed by atoms with Gasteiger partial charge in [-0.25, -0.2) is 0 Å². The van der Waals surface area contributed by atoms with Crippen molar-refractivity contribution < 1.29 is 14.2 Å². The predicted molar refractivity (Wildman–Crippen MR) is 118 cm³/mol. The number of ether oxygens (including phenoxy) is 3. The average molecular weight is 430 g/mol. The molecule has 30 heavy (non-hydrogen) atoms. The maximum Gasteiger partial charge on any atom is 0.253 e. The van der Waals surface area contributed by atoms with Gasteiger partial charge in [0.05, 0.1) is 18.2 Å². The van der Waals surface area contributed by atoms with E-state index in [1.165, 1.54) is 12.8 Å². The Hall–Kier alpha value is -2.32. The third-order valence-electron chi connectivity index (χ3n) is 6.29. The van der Waals surface area contributed by atoms with Gasteiger partial charge in [-0.2, -0.15) is 0 Å². The summed E-state index contributed by atoms with van der Waals surface area (Å²) in [4.78, 5) is 18.0. The average Bonchev–Trinajstić information content (AvgIpc) is 3.51. The number of pyridine rings is 1. The van der Waals surface area contributed by atoms with Crippen LogP contribution in [0, 0.1) is 0 Å². The third kappa shape index (κ3) is 3.98. The van der Waals surface area contributed by atoms with Gasteiger partial charge in [-0.15, -0.1) is 0 Å². The molecule has 5 rings (SSSR count). The van der Waals surface area contributed by atoms with Gasteiger partial charge in [0.15, 0.2) is 16.6 Å². The molecule has 2 aliphatic heterocycles. The lowest BCUT2D eigenvalue weighted by Gasteiger charge is -2.32. The van der Waals surface area contributed by atoms with Gasteiger partial charge in [-0.3, -0.25) is 4.79 Å². The number of H-pyrrole nitrogens is 1. The second-order valence-electron chi connectivity index (χ2n) is 8.30. The summed E-state index contributed by atoms with van der Waals surface area (Å²) in [5.74, 6) is 1.37. The summed E-state index contributed by atoms with van der Waals surface area (Å²) in [6, 6.07) is 6.05. The monoisotopic (exact) mass is 429 g/mol. The van der Waals surface area contributed by atoms with E-state index in [9.17, 15) is 4.79 Å². The summed E-state index contributed by atoms with van der Waals surface area (Å²) >= 11 is 5.76. The van der Waals surface area contributed by atoms with E-state index >= 15 is 0 Å². The van der Waals surface area contributed by atoms with E-state index < -0.39 is 0 Å². The number of aromatic amines is 1. The Balaban J connectivity index is 1.38. The second-order valence-corrected chi connectivity index (χ2v) is 8.69. The molecule has 0 radical (unpaired) electrons. The number of aromatic nitrogens is 1. The Morgan fingerprint density at radius 1 is 1.13 bits per heavy atom. The molecule has 1 aliphatic carbocycles. The third-order valence-corrected chi connectivity index (χ3v) is 6.67. The van der Waals surface area contributed by atoms with Crippen LogP contribution in [0.25, 0.3) is 10.9 Å². The van der Waals surface area contributed by atoms with Crippen LogP contribution in [0.15, 0.2) is 23.0 Å². The maximum absolute atomic E-state index is 12.8. The van der Waals surface area contributed by atoms with Crippen LogP contribution in [-0.4, -0.2) is 47.1 Å². The molecule has 2 aromatic rings. The fourth-order valence-corrected chi connectivity index (χ4v) is 4.93. The first-order valence-corrected chi connectivity index (χ1v) is 11.2. The van der Waals surface area contributed by atoms with E-state index in [0.29, 0.717) is 34.8 Å². The number of fused-ring (bicyclic) bond motifs is 2. The van der Waals surface area contributed by atoms with Gasteiger partial charge in [-0.05, 0) is 50.0 Å². The van der Waals surface area contributed by atoms with Crippen molar-refractivity contribution in [2.24, 2.45) is 0 Å². The Labute approximate surface area is 180 Å². The van der Waals surface area contributed by atoms with Crippen molar-refractivity contribution in [3.63, 3.8) is 0 Å². The SMILES string of the molecule is O=c1[nH]c2cc3c(cc2cc1CN(C(=S)NC[C@H]1CCCO1)C1CCCC1)OCO3. The van der Waals surface area contributed by atoms with E-state index in [1.54, 1.807) is 0 Å². The van der Waals surface area contributed by atoms with Crippen LogP contribution in [0.4, 0.5) is 0 Å². The van der Waals surface area contributed by atoms with Crippen LogP contribution in [0.5, 0.6) is 11.5 Å². The molecule has 1 atom stereocenters. The molecule has 3 heterocycles. The Morgan fingerprint density at radius 3 is 2.70 bits per heavy atom. The second kappa shape index (κ2) is 8.43. The fourth-order valence-electron chi connectivity index (χ4n) is 4.63. The summed E-state index contributed by atoms with van der Waals surface area (Å²) in [5, 5.41) is 5.04. The van der Waals surface area contributed by atoms with Crippen molar-refractivity contribution in [2.45, 2.75) is 57.2 Å². The van der Waals surface area contributed by atoms with E-state index in [1.807, 2.05) is 18.2 Å². The summed E-state index contributed by atoms with van der Waals surface area (Å²) < 4.78 is 16.6. The quantitative estimate of drug-likeness (QED) is 0.708. The molecule has 0 spiro atoms. The first-order valence-electron chi connectivity index (χ1n) is 10.8. The molecule has 1 aromatic heterocycles. The van der Waals surface area contributed by atoms with Crippen LogP contribution < -0.4 is 20.3 Å². The Morgan fingerprint density at radius 2 is 1.93 bits per heavy atom. The number of nitrogens with one attached hydrogen (secondary N) is 2. The molecule has 7 nitrogen and oxygen atoms in total. The molecule has 3 aliphatic rings. The van der Waals surface area contributed by atoms with Crippen molar-refractivity contribution in [1.82, 2.24) is 15.2 Å².